The van der Waals surface area contributed by atoms with Gasteiger partial charge >= 0.3 is 5.97 Å². The summed E-state index contributed by atoms with van der Waals surface area (Å²) < 4.78 is 10.0. The number of carbonyl (C=O) groups excluding carboxylic acids is 2. The van der Waals surface area contributed by atoms with Crippen LogP contribution >= 0.6 is 0 Å². The Morgan fingerprint density at radius 1 is 1.48 bits per heavy atom. The molecule has 0 bridgehead atoms. The van der Waals surface area contributed by atoms with Crippen LogP contribution in [0.25, 0.3) is 6.08 Å². The van der Waals surface area contributed by atoms with E-state index < -0.39 is 5.97 Å². The zero-order valence-corrected chi connectivity index (χ0v) is 12.7. The van der Waals surface area contributed by atoms with Crippen LogP contribution in [0, 0.1) is 5.92 Å². The molecule has 1 aromatic heterocycles. The molecule has 0 saturated carbocycles. The molecule has 0 aliphatic carbocycles. The van der Waals surface area contributed by atoms with E-state index in [0.717, 1.165) is 0 Å². The van der Waals surface area contributed by atoms with Crippen LogP contribution in [0.1, 0.15) is 26.5 Å². The number of esters is 1. The molecule has 2 heterocycles. The summed E-state index contributed by atoms with van der Waals surface area (Å²) in [6.45, 7) is 6.36. The maximum absolute atomic E-state index is 12.6. The van der Waals surface area contributed by atoms with E-state index in [0.29, 0.717) is 35.1 Å². The van der Waals surface area contributed by atoms with Gasteiger partial charge in [0.1, 0.15) is 5.76 Å². The van der Waals surface area contributed by atoms with Gasteiger partial charge in [-0.25, -0.2) is 4.79 Å². The van der Waals surface area contributed by atoms with Crippen LogP contribution in [0.2, 0.25) is 0 Å². The molecule has 0 N–H and O–H groups in total. The average Bonchev–Trinajstić information content (AvgIpc) is 3.01. The molecule has 21 heavy (non-hydrogen) atoms. The van der Waals surface area contributed by atoms with Crippen molar-refractivity contribution in [2.24, 2.45) is 5.92 Å². The number of allylic oxidation sites excluding steroid dienone is 1. The van der Waals surface area contributed by atoms with Crippen molar-refractivity contribution < 1.29 is 18.7 Å². The van der Waals surface area contributed by atoms with E-state index in [-0.39, 0.29) is 5.91 Å². The fraction of sp³-hybridized carbons (Fsp3) is 0.375. The normalized spacial score (nSPS) is 17.3. The van der Waals surface area contributed by atoms with E-state index in [2.05, 4.69) is 0 Å². The van der Waals surface area contributed by atoms with Crippen molar-refractivity contribution in [2.45, 2.75) is 20.8 Å². The van der Waals surface area contributed by atoms with Crippen molar-refractivity contribution in [3.8, 4) is 0 Å². The van der Waals surface area contributed by atoms with Gasteiger partial charge in [0.2, 0.25) is 0 Å². The lowest BCUT2D eigenvalue weighted by molar-refractivity contribution is -0.136. The van der Waals surface area contributed by atoms with Crippen molar-refractivity contribution in [1.82, 2.24) is 4.90 Å². The SMILES string of the molecule is COC(=O)C1=C(C)N(CC(C)C)C(=O)C1=Cc1ccco1. The molecule has 1 aromatic rings. The number of methoxy groups -OCH3 is 1. The Morgan fingerprint density at radius 3 is 2.71 bits per heavy atom. The smallest absolute Gasteiger partial charge is 0.340 e. The standard InChI is InChI=1S/C16H19NO4/c1-10(2)9-17-11(3)14(16(19)20-4)13(15(17)18)8-12-6-5-7-21-12/h5-8,10H,9H2,1-4H3. The lowest BCUT2D eigenvalue weighted by Crippen LogP contribution is -2.28. The molecule has 0 saturated heterocycles. The number of hydrogen-bond acceptors (Lipinski definition) is 4. The third-order valence-corrected chi connectivity index (χ3v) is 3.28. The third kappa shape index (κ3) is 2.91. The summed E-state index contributed by atoms with van der Waals surface area (Å²) in [7, 11) is 1.31. The molecule has 112 valence electrons. The Labute approximate surface area is 123 Å². The first-order valence-corrected chi connectivity index (χ1v) is 6.82. The second kappa shape index (κ2) is 5.99. The Bertz CT molecular complexity index is 608. The summed E-state index contributed by atoms with van der Waals surface area (Å²) in [5.74, 6) is 0.118. The minimum absolute atomic E-state index is 0.196. The van der Waals surface area contributed by atoms with Gasteiger partial charge in [-0.2, -0.15) is 0 Å². The van der Waals surface area contributed by atoms with Crippen molar-refractivity contribution in [3.63, 3.8) is 0 Å². The predicted octanol–water partition coefficient (Wildman–Crippen LogP) is 2.61. The maximum Gasteiger partial charge on any atom is 0.340 e. The van der Waals surface area contributed by atoms with Gasteiger partial charge < -0.3 is 14.1 Å². The van der Waals surface area contributed by atoms with Crippen molar-refractivity contribution in [3.05, 3.63) is 41.0 Å². The molecule has 0 spiro atoms. The molecule has 0 atom stereocenters. The summed E-state index contributed by atoms with van der Waals surface area (Å²) in [5, 5.41) is 0. The van der Waals surface area contributed by atoms with Gasteiger partial charge in [0.25, 0.3) is 5.91 Å². The number of nitrogens with zero attached hydrogens (tertiary/aromatic N) is 1. The molecule has 5 nitrogen and oxygen atoms in total. The van der Waals surface area contributed by atoms with Crippen LogP contribution < -0.4 is 0 Å². The zero-order chi connectivity index (χ0) is 15.6. The lowest BCUT2D eigenvalue weighted by atomic mass is 10.1. The van der Waals surface area contributed by atoms with Crippen LogP contribution in [0.3, 0.4) is 0 Å². The third-order valence-electron chi connectivity index (χ3n) is 3.28. The highest BCUT2D eigenvalue weighted by molar-refractivity contribution is 6.16. The minimum atomic E-state index is -0.509. The number of rotatable bonds is 4. The molecule has 0 aromatic carbocycles. The molecule has 0 radical (unpaired) electrons. The largest absolute Gasteiger partial charge is 0.465 e. The fourth-order valence-corrected chi connectivity index (χ4v) is 2.33. The first kappa shape index (κ1) is 15.1. The van der Waals surface area contributed by atoms with Crippen LogP contribution in [-0.2, 0) is 14.3 Å². The lowest BCUT2D eigenvalue weighted by Gasteiger charge is -2.19. The highest BCUT2D eigenvalue weighted by atomic mass is 16.5. The van der Waals surface area contributed by atoms with Crippen molar-refractivity contribution in [2.75, 3.05) is 13.7 Å². The van der Waals surface area contributed by atoms with Crippen LogP contribution in [0.5, 0.6) is 0 Å². The first-order chi connectivity index (χ1) is 9.95. The first-order valence-electron chi connectivity index (χ1n) is 6.82. The molecular formula is C16H19NO4. The summed E-state index contributed by atoms with van der Waals surface area (Å²) in [5.41, 5.74) is 1.24. The molecule has 0 unspecified atom stereocenters. The van der Waals surface area contributed by atoms with Crippen molar-refractivity contribution >= 4 is 18.0 Å². The highest BCUT2D eigenvalue weighted by Gasteiger charge is 2.37. The molecule has 1 amide bonds. The van der Waals surface area contributed by atoms with E-state index in [9.17, 15) is 9.59 Å². The van der Waals surface area contributed by atoms with E-state index >= 15 is 0 Å². The zero-order valence-electron chi connectivity index (χ0n) is 12.7. The predicted molar refractivity (Wildman–Crippen MR) is 78.0 cm³/mol. The second-order valence-electron chi connectivity index (χ2n) is 5.34. The monoisotopic (exact) mass is 289 g/mol. The van der Waals surface area contributed by atoms with Gasteiger partial charge in [0.15, 0.2) is 0 Å². The Kier molecular flexibility index (Phi) is 4.31. The molecular weight excluding hydrogens is 270 g/mol. The number of ether oxygens (including phenoxy) is 1. The van der Waals surface area contributed by atoms with E-state index in [1.54, 1.807) is 30.0 Å². The second-order valence-corrected chi connectivity index (χ2v) is 5.34. The Balaban J connectivity index is 2.48. The summed E-state index contributed by atoms with van der Waals surface area (Å²) >= 11 is 0. The fourth-order valence-electron chi connectivity index (χ4n) is 2.33. The van der Waals surface area contributed by atoms with Gasteiger partial charge in [0.05, 0.1) is 24.5 Å². The summed E-state index contributed by atoms with van der Waals surface area (Å²) in [6.07, 6.45) is 3.10. The molecule has 0 fully saturated rings. The number of hydrogen-bond donors (Lipinski definition) is 0. The van der Waals surface area contributed by atoms with Crippen LogP contribution in [0.4, 0.5) is 0 Å². The molecule has 1 aliphatic heterocycles. The van der Waals surface area contributed by atoms with Gasteiger partial charge in [-0.3, -0.25) is 4.79 Å². The molecule has 1 aliphatic rings. The van der Waals surface area contributed by atoms with Gasteiger partial charge in [0, 0.05) is 12.2 Å². The van der Waals surface area contributed by atoms with E-state index in [4.69, 9.17) is 9.15 Å². The minimum Gasteiger partial charge on any atom is -0.465 e. The Morgan fingerprint density at radius 2 is 2.19 bits per heavy atom. The maximum atomic E-state index is 12.6. The number of amides is 1. The topological polar surface area (TPSA) is 59.8 Å². The van der Waals surface area contributed by atoms with Gasteiger partial charge in [-0.05, 0) is 31.1 Å². The highest BCUT2D eigenvalue weighted by Crippen LogP contribution is 2.32. The summed E-state index contributed by atoms with van der Waals surface area (Å²) in [6, 6.07) is 3.46. The van der Waals surface area contributed by atoms with Gasteiger partial charge in [-0.1, -0.05) is 13.8 Å². The van der Waals surface area contributed by atoms with Crippen LogP contribution in [-0.4, -0.2) is 30.4 Å². The molecule has 5 heteroatoms. The van der Waals surface area contributed by atoms with Gasteiger partial charge in [-0.15, -0.1) is 0 Å². The van der Waals surface area contributed by atoms with Crippen molar-refractivity contribution in [1.29, 1.82) is 0 Å². The van der Waals surface area contributed by atoms with Crippen LogP contribution in [0.15, 0.2) is 39.7 Å². The Hall–Kier alpha value is -2.30. The quantitative estimate of drug-likeness (QED) is 0.631. The van der Waals surface area contributed by atoms with E-state index in [1.807, 2.05) is 13.8 Å². The average molecular weight is 289 g/mol. The van der Waals surface area contributed by atoms with E-state index in [1.165, 1.54) is 13.4 Å². The summed E-state index contributed by atoms with van der Waals surface area (Å²) in [4.78, 5) is 26.2. The number of furan rings is 1. The number of carbonyl (C=O) groups is 2. The molecule has 2 rings (SSSR count).